The van der Waals surface area contributed by atoms with Crippen molar-refractivity contribution >= 4 is 0 Å². The largest absolute Gasteiger partial charge is 0.0885 e. The van der Waals surface area contributed by atoms with Gasteiger partial charge in [0.15, 0.2) is 0 Å². The Hall–Kier alpha value is -0.260. The zero-order valence-electron chi connectivity index (χ0n) is 16.3. The Bertz CT molecular complexity index is 238. The van der Waals surface area contributed by atoms with E-state index in [1.165, 1.54) is 83.5 Å². The van der Waals surface area contributed by atoms with Crippen molar-refractivity contribution in [1.29, 1.82) is 0 Å². The Morgan fingerprint density at radius 3 is 1.61 bits per heavy atom. The molecule has 23 heavy (non-hydrogen) atoms. The Kier molecular flexibility index (Phi) is 17.9. The molecule has 0 saturated carbocycles. The Balaban J connectivity index is 3.56. The summed E-state index contributed by atoms with van der Waals surface area (Å²) < 4.78 is 0. The molecule has 0 bridgehead atoms. The van der Waals surface area contributed by atoms with Crippen molar-refractivity contribution in [1.82, 2.24) is 0 Å². The fourth-order valence-corrected chi connectivity index (χ4v) is 3.27. The van der Waals surface area contributed by atoms with Crippen molar-refractivity contribution in [2.45, 2.75) is 110 Å². The van der Waals surface area contributed by atoms with Gasteiger partial charge < -0.3 is 0 Å². The van der Waals surface area contributed by atoms with Gasteiger partial charge in [-0.05, 0) is 37.5 Å². The van der Waals surface area contributed by atoms with Crippen molar-refractivity contribution in [2.75, 3.05) is 0 Å². The molecule has 0 aliphatic carbocycles. The summed E-state index contributed by atoms with van der Waals surface area (Å²) in [5, 5.41) is 0. The van der Waals surface area contributed by atoms with Crippen LogP contribution in [0.1, 0.15) is 110 Å². The number of rotatable bonds is 17. The average Bonchev–Trinajstić information content (AvgIpc) is 2.54. The van der Waals surface area contributed by atoms with E-state index in [4.69, 9.17) is 0 Å². The molecule has 0 saturated heterocycles. The van der Waals surface area contributed by atoms with E-state index in [9.17, 15) is 0 Å². The van der Waals surface area contributed by atoms with Crippen LogP contribution in [0, 0.1) is 25.7 Å². The minimum atomic E-state index is 0.855. The number of hydrogen-bond donors (Lipinski definition) is 0. The maximum absolute atomic E-state index is 3.92. The van der Waals surface area contributed by atoms with Crippen LogP contribution in [0.4, 0.5) is 0 Å². The molecule has 1 unspecified atom stereocenters. The molecule has 0 aromatic rings. The maximum atomic E-state index is 3.92. The van der Waals surface area contributed by atoms with E-state index >= 15 is 0 Å². The van der Waals surface area contributed by atoms with Crippen LogP contribution in [0.5, 0.6) is 0 Å². The van der Waals surface area contributed by atoms with Gasteiger partial charge in [-0.15, -0.1) is 0 Å². The topological polar surface area (TPSA) is 0 Å². The van der Waals surface area contributed by atoms with E-state index in [1.807, 2.05) is 0 Å². The summed E-state index contributed by atoms with van der Waals surface area (Å²) in [5.74, 6) is 1.80. The molecule has 0 amide bonds. The van der Waals surface area contributed by atoms with Gasteiger partial charge in [0.05, 0.1) is 0 Å². The van der Waals surface area contributed by atoms with Crippen molar-refractivity contribution in [3.8, 4) is 0 Å². The van der Waals surface area contributed by atoms with Gasteiger partial charge in [-0.25, -0.2) is 0 Å². The first kappa shape index (κ1) is 22.7. The van der Waals surface area contributed by atoms with E-state index in [1.54, 1.807) is 0 Å². The molecule has 0 aromatic heterocycles. The zero-order chi connectivity index (χ0) is 17.2. The van der Waals surface area contributed by atoms with Crippen LogP contribution in [0.2, 0.25) is 0 Å². The normalized spacial score (nSPS) is 13.3. The molecule has 0 heterocycles. The highest BCUT2D eigenvalue weighted by Crippen LogP contribution is 2.25. The Morgan fingerprint density at radius 2 is 1.04 bits per heavy atom. The lowest BCUT2D eigenvalue weighted by molar-refractivity contribution is 0.315. The van der Waals surface area contributed by atoms with Gasteiger partial charge in [-0.2, -0.15) is 0 Å². The highest BCUT2D eigenvalue weighted by molar-refractivity contribution is 4.81. The molecule has 0 rings (SSSR count). The van der Waals surface area contributed by atoms with E-state index < -0.39 is 0 Å². The third-order valence-electron chi connectivity index (χ3n) is 5.00. The van der Waals surface area contributed by atoms with Crippen LogP contribution in [-0.2, 0) is 0 Å². The van der Waals surface area contributed by atoms with Gasteiger partial charge in [0.1, 0.15) is 0 Å². The van der Waals surface area contributed by atoms with Gasteiger partial charge in [0, 0.05) is 0 Å². The summed E-state index contributed by atoms with van der Waals surface area (Å²) in [5.41, 5.74) is 0. The van der Waals surface area contributed by atoms with Gasteiger partial charge in [0.25, 0.3) is 0 Å². The SMILES string of the molecule is [CH2]CCCCC=CCCCCC(CCCCCCC[CH2])C(C)C. The van der Waals surface area contributed by atoms with Crippen molar-refractivity contribution in [2.24, 2.45) is 11.8 Å². The lowest BCUT2D eigenvalue weighted by Gasteiger charge is -2.20. The minimum Gasteiger partial charge on any atom is -0.0885 e. The van der Waals surface area contributed by atoms with Crippen LogP contribution < -0.4 is 0 Å². The molecule has 136 valence electrons. The van der Waals surface area contributed by atoms with Gasteiger partial charge >= 0.3 is 0 Å². The van der Waals surface area contributed by atoms with Gasteiger partial charge in [-0.3, -0.25) is 0 Å². The lowest BCUT2D eigenvalue weighted by Crippen LogP contribution is -2.08. The molecule has 0 aliphatic heterocycles. The minimum absolute atomic E-state index is 0.855. The second-order valence-corrected chi connectivity index (χ2v) is 7.52. The highest BCUT2D eigenvalue weighted by Gasteiger charge is 2.12. The second kappa shape index (κ2) is 18.1. The Morgan fingerprint density at radius 1 is 0.609 bits per heavy atom. The molecule has 0 heteroatoms. The summed E-state index contributed by atoms with van der Waals surface area (Å²) in [6.07, 6.45) is 24.7. The zero-order valence-corrected chi connectivity index (χ0v) is 16.3. The lowest BCUT2D eigenvalue weighted by atomic mass is 9.86. The van der Waals surface area contributed by atoms with Crippen molar-refractivity contribution in [3.05, 3.63) is 26.0 Å². The number of allylic oxidation sites excluding steroid dienone is 2. The van der Waals surface area contributed by atoms with Crippen molar-refractivity contribution < 1.29 is 0 Å². The van der Waals surface area contributed by atoms with E-state index in [0.717, 1.165) is 24.7 Å². The van der Waals surface area contributed by atoms with E-state index in [2.05, 4.69) is 39.8 Å². The predicted octanol–water partition coefficient (Wildman–Crippen LogP) is 8.33. The summed E-state index contributed by atoms with van der Waals surface area (Å²) >= 11 is 0. The standard InChI is InChI=1S/C23H44/c1-5-7-9-11-13-14-15-17-19-21-23(22(3)4)20-18-16-12-10-8-6-2/h13-14,22-23H,1-2,5-12,15-21H2,3-4H3. The molecule has 0 aliphatic rings. The summed E-state index contributed by atoms with van der Waals surface area (Å²) in [7, 11) is 0. The average molecular weight is 321 g/mol. The first-order valence-electron chi connectivity index (χ1n) is 10.5. The van der Waals surface area contributed by atoms with Gasteiger partial charge in [-0.1, -0.05) is 110 Å². The fraction of sp³-hybridized carbons (Fsp3) is 0.826. The smallest absolute Gasteiger partial charge is 0.0351 e. The number of unbranched alkanes of at least 4 members (excludes halogenated alkanes) is 10. The van der Waals surface area contributed by atoms with Crippen molar-refractivity contribution in [3.63, 3.8) is 0 Å². The molecule has 2 radical (unpaired) electrons. The predicted molar refractivity (Wildman–Crippen MR) is 107 cm³/mol. The van der Waals surface area contributed by atoms with E-state index in [0.29, 0.717) is 0 Å². The first-order chi connectivity index (χ1) is 11.2. The summed E-state index contributed by atoms with van der Waals surface area (Å²) in [6, 6.07) is 0. The molecule has 0 spiro atoms. The molecule has 0 nitrogen and oxygen atoms in total. The maximum Gasteiger partial charge on any atom is -0.0351 e. The Labute approximate surface area is 148 Å². The quantitative estimate of drug-likeness (QED) is 0.186. The third-order valence-corrected chi connectivity index (χ3v) is 5.00. The fourth-order valence-electron chi connectivity index (χ4n) is 3.27. The first-order valence-corrected chi connectivity index (χ1v) is 10.5. The van der Waals surface area contributed by atoms with Gasteiger partial charge in [0.2, 0.25) is 0 Å². The van der Waals surface area contributed by atoms with Crippen LogP contribution in [0.15, 0.2) is 12.2 Å². The highest BCUT2D eigenvalue weighted by atomic mass is 14.2. The van der Waals surface area contributed by atoms with Crippen LogP contribution in [0.25, 0.3) is 0 Å². The molecule has 0 N–H and O–H groups in total. The number of hydrogen-bond acceptors (Lipinski definition) is 0. The second-order valence-electron chi connectivity index (χ2n) is 7.52. The van der Waals surface area contributed by atoms with E-state index in [-0.39, 0.29) is 0 Å². The van der Waals surface area contributed by atoms with Crippen LogP contribution >= 0.6 is 0 Å². The molecule has 0 fully saturated rings. The molecular weight excluding hydrogens is 276 g/mol. The summed E-state index contributed by atoms with van der Waals surface area (Å²) in [4.78, 5) is 0. The molecule has 0 aromatic carbocycles. The molecular formula is C23H44. The summed E-state index contributed by atoms with van der Waals surface area (Å²) in [6.45, 7) is 12.6. The van der Waals surface area contributed by atoms with Crippen LogP contribution in [0.3, 0.4) is 0 Å². The molecule has 1 atom stereocenters. The third kappa shape index (κ3) is 16.4. The monoisotopic (exact) mass is 320 g/mol. The van der Waals surface area contributed by atoms with Crippen LogP contribution in [-0.4, -0.2) is 0 Å².